The molecular formula is C19H27ClN9O8P. The van der Waals surface area contributed by atoms with Crippen LogP contribution in [0.15, 0.2) is 6.20 Å². The number of fused-ring (bicyclic) bond motifs is 1. The molecule has 2 aliphatic rings. The largest absolute Gasteiger partial charge is 0.393 e. The summed E-state index contributed by atoms with van der Waals surface area (Å²) in [5.41, 5.74) is 0.354. The van der Waals surface area contributed by atoms with Gasteiger partial charge in [-0.25, -0.2) is 9.78 Å². The lowest BCUT2D eigenvalue weighted by Gasteiger charge is -2.32. The molecule has 1 aliphatic heterocycles. The molecule has 1 aliphatic carbocycles. The van der Waals surface area contributed by atoms with Gasteiger partial charge < -0.3 is 39.5 Å². The second-order valence-electron chi connectivity index (χ2n) is 9.19. The first-order valence-electron chi connectivity index (χ1n) is 11.8. The number of halogens is 1. The van der Waals surface area contributed by atoms with E-state index in [0.717, 1.165) is 19.3 Å². The molecule has 0 spiro atoms. The van der Waals surface area contributed by atoms with Crippen LogP contribution in [0.25, 0.3) is 11.0 Å². The SMILES string of the molecule is O=P(O)(O)C(CO)(COCc1nnn[nH]1)OC[C@@H]1C[C@@H](O)[C@H](n2ncc3c(NC4CCC4)nc(Cl)nc32)O1. The number of tetrazole rings is 1. The molecule has 3 aromatic heterocycles. The Morgan fingerprint density at radius 2 is 2.16 bits per heavy atom. The number of H-pyrrole nitrogens is 1. The summed E-state index contributed by atoms with van der Waals surface area (Å²) in [4.78, 5) is 28.4. The van der Waals surface area contributed by atoms with Crippen molar-refractivity contribution in [3.8, 4) is 0 Å². The highest BCUT2D eigenvalue weighted by molar-refractivity contribution is 7.53. The molecule has 5 rings (SSSR count). The first-order chi connectivity index (χ1) is 18.2. The number of ether oxygens (including phenoxy) is 3. The summed E-state index contributed by atoms with van der Waals surface area (Å²) < 4.78 is 30.4. The van der Waals surface area contributed by atoms with Crippen molar-refractivity contribution in [2.24, 2.45) is 0 Å². The summed E-state index contributed by atoms with van der Waals surface area (Å²) in [6.07, 6.45) is 1.98. The van der Waals surface area contributed by atoms with E-state index >= 15 is 0 Å². The zero-order valence-corrected chi connectivity index (χ0v) is 21.6. The van der Waals surface area contributed by atoms with Crippen LogP contribution in [0.2, 0.25) is 5.28 Å². The Bertz CT molecular complexity index is 1290. The zero-order chi connectivity index (χ0) is 26.9. The van der Waals surface area contributed by atoms with Crippen LogP contribution in [0.4, 0.5) is 5.82 Å². The Balaban J connectivity index is 1.27. The highest BCUT2D eigenvalue weighted by atomic mass is 35.5. The van der Waals surface area contributed by atoms with Gasteiger partial charge in [0, 0.05) is 12.5 Å². The maximum Gasteiger partial charge on any atom is 0.361 e. The summed E-state index contributed by atoms with van der Waals surface area (Å²) in [6, 6.07) is 0.291. The number of aromatic amines is 1. The van der Waals surface area contributed by atoms with Gasteiger partial charge in [0.1, 0.15) is 18.5 Å². The molecule has 2 fully saturated rings. The number of aliphatic hydroxyl groups is 2. The number of nitrogens with one attached hydrogen (secondary N) is 2. The van der Waals surface area contributed by atoms with Crippen molar-refractivity contribution in [1.29, 1.82) is 0 Å². The number of aromatic nitrogens is 8. The third-order valence-electron chi connectivity index (χ3n) is 6.55. The Morgan fingerprint density at radius 1 is 1.34 bits per heavy atom. The van der Waals surface area contributed by atoms with E-state index in [2.05, 4.69) is 41.0 Å². The first kappa shape index (κ1) is 27.2. The van der Waals surface area contributed by atoms with Crippen molar-refractivity contribution >= 4 is 36.0 Å². The molecule has 4 atom stereocenters. The minimum absolute atomic E-state index is 0.00364. The van der Waals surface area contributed by atoms with Crippen molar-refractivity contribution < 1.29 is 38.8 Å². The van der Waals surface area contributed by atoms with Gasteiger partial charge in [-0.1, -0.05) is 0 Å². The Hall–Kier alpha value is -2.34. The zero-order valence-electron chi connectivity index (χ0n) is 19.9. The van der Waals surface area contributed by atoms with Gasteiger partial charge in [0.05, 0.1) is 37.5 Å². The van der Waals surface area contributed by atoms with Gasteiger partial charge in [0.15, 0.2) is 17.7 Å². The number of rotatable bonds is 12. The van der Waals surface area contributed by atoms with E-state index in [1.807, 2.05) is 0 Å². The number of nitrogens with zero attached hydrogens (tertiary/aromatic N) is 7. The quantitative estimate of drug-likeness (QED) is 0.120. The fraction of sp³-hybridized carbons (Fsp3) is 0.684. The number of anilines is 1. The normalized spacial score (nSPS) is 24.0. The van der Waals surface area contributed by atoms with E-state index in [4.69, 9.17) is 25.8 Å². The topological polar surface area (TPSA) is 236 Å². The minimum Gasteiger partial charge on any atom is -0.393 e. The average Bonchev–Trinajstić information content (AvgIpc) is 3.58. The van der Waals surface area contributed by atoms with Crippen LogP contribution in [-0.4, -0.2) is 104 Å². The molecule has 0 bridgehead atoms. The fourth-order valence-corrected chi connectivity index (χ4v) is 5.04. The molecule has 19 heteroatoms. The molecule has 0 amide bonds. The smallest absolute Gasteiger partial charge is 0.361 e. The van der Waals surface area contributed by atoms with E-state index in [0.29, 0.717) is 22.9 Å². The second-order valence-corrected chi connectivity index (χ2v) is 11.4. The third-order valence-corrected chi connectivity index (χ3v) is 8.18. The van der Waals surface area contributed by atoms with E-state index in [-0.39, 0.29) is 30.7 Å². The predicted octanol–water partition coefficient (Wildman–Crippen LogP) is -0.295. The molecule has 1 saturated heterocycles. The fourth-order valence-electron chi connectivity index (χ4n) is 4.19. The Kier molecular flexibility index (Phi) is 7.91. The van der Waals surface area contributed by atoms with Gasteiger partial charge in [-0.05, 0) is 41.3 Å². The summed E-state index contributed by atoms with van der Waals surface area (Å²) in [7, 11) is -5.04. The maximum absolute atomic E-state index is 12.3. The maximum atomic E-state index is 12.3. The van der Waals surface area contributed by atoms with Crippen LogP contribution in [0, 0.1) is 0 Å². The van der Waals surface area contributed by atoms with Gasteiger partial charge in [0.2, 0.25) is 10.6 Å². The van der Waals surface area contributed by atoms with E-state index in [1.165, 1.54) is 4.68 Å². The first-order valence-corrected chi connectivity index (χ1v) is 13.8. The lowest BCUT2D eigenvalue weighted by Crippen LogP contribution is -2.43. The molecule has 6 N–H and O–H groups in total. The minimum atomic E-state index is -5.04. The Morgan fingerprint density at radius 3 is 2.82 bits per heavy atom. The van der Waals surface area contributed by atoms with Crippen LogP contribution < -0.4 is 5.32 Å². The standard InChI is InChI=1S/C19H27ClN9O8P/c20-18-23-15(22-10-2-1-3-10)12-5-21-29(16(12)24-18)17-13(31)4-11(37-17)6-36-19(8-30,38(32,33)34)9-35-7-14-25-27-28-26-14/h5,10-11,13,17,30-31H,1-4,6-9H2,(H,22,23,24)(H2,32,33,34)(H,25,26,27,28)/t11-,13+,17+,19?/m0/s1. The monoisotopic (exact) mass is 575 g/mol. The summed E-state index contributed by atoms with van der Waals surface area (Å²) in [5.74, 6) is 0.757. The second kappa shape index (κ2) is 11.0. The van der Waals surface area contributed by atoms with E-state index in [9.17, 15) is 24.6 Å². The highest BCUT2D eigenvalue weighted by Crippen LogP contribution is 2.51. The molecule has 4 heterocycles. The van der Waals surface area contributed by atoms with Crippen LogP contribution in [0.5, 0.6) is 0 Å². The molecule has 0 radical (unpaired) electrons. The molecule has 208 valence electrons. The molecule has 0 aromatic carbocycles. The lowest BCUT2D eigenvalue weighted by molar-refractivity contribution is -0.124. The van der Waals surface area contributed by atoms with Gasteiger partial charge >= 0.3 is 7.60 Å². The van der Waals surface area contributed by atoms with Crippen LogP contribution in [0.1, 0.15) is 37.7 Å². The molecule has 3 aromatic rings. The molecule has 38 heavy (non-hydrogen) atoms. The van der Waals surface area contributed by atoms with Crippen molar-refractivity contribution in [1.82, 2.24) is 40.4 Å². The number of hydrogen-bond acceptors (Lipinski definition) is 13. The van der Waals surface area contributed by atoms with E-state index < -0.39 is 44.6 Å². The third kappa shape index (κ3) is 5.52. The van der Waals surface area contributed by atoms with E-state index in [1.54, 1.807) is 6.20 Å². The van der Waals surface area contributed by atoms with Crippen LogP contribution in [-0.2, 0) is 25.4 Å². The van der Waals surface area contributed by atoms with Crippen molar-refractivity contribution in [3.05, 3.63) is 17.3 Å². The summed E-state index contributed by atoms with van der Waals surface area (Å²) in [6.45, 7) is -2.27. The van der Waals surface area contributed by atoms with Crippen LogP contribution >= 0.6 is 19.2 Å². The van der Waals surface area contributed by atoms with Gasteiger partial charge in [-0.3, -0.25) is 4.57 Å². The van der Waals surface area contributed by atoms with Gasteiger partial charge in [0.25, 0.3) is 0 Å². The molecule has 1 unspecified atom stereocenters. The molecular weight excluding hydrogens is 549 g/mol. The predicted molar refractivity (Wildman–Crippen MR) is 128 cm³/mol. The summed E-state index contributed by atoms with van der Waals surface area (Å²) in [5, 5.41) is 39.3. The molecule has 17 nitrogen and oxygen atoms in total. The Labute approximate surface area is 220 Å². The lowest BCUT2D eigenvalue weighted by atomic mass is 9.93. The summed E-state index contributed by atoms with van der Waals surface area (Å²) >= 11 is 6.15. The number of aliphatic hydroxyl groups excluding tert-OH is 2. The van der Waals surface area contributed by atoms with Crippen molar-refractivity contribution in [3.63, 3.8) is 0 Å². The van der Waals surface area contributed by atoms with Crippen molar-refractivity contribution in [2.75, 3.05) is 25.1 Å². The number of hydrogen-bond donors (Lipinski definition) is 6. The van der Waals surface area contributed by atoms with Crippen LogP contribution in [0.3, 0.4) is 0 Å². The molecule has 1 saturated carbocycles. The highest BCUT2D eigenvalue weighted by Gasteiger charge is 2.50. The van der Waals surface area contributed by atoms with Gasteiger partial charge in [-0.2, -0.15) is 15.1 Å². The average molecular weight is 576 g/mol. The van der Waals surface area contributed by atoms with Crippen molar-refractivity contribution in [2.45, 2.75) is 62.1 Å². The van der Waals surface area contributed by atoms with Gasteiger partial charge in [-0.15, -0.1) is 5.10 Å².